The molecule has 6 heteroatoms. The molecule has 1 aromatic carbocycles. The van der Waals surface area contributed by atoms with E-state index in [4.69, 9.17) is 11.6 Å². The molecular weight excluding hydrogens is 319 g/mol. The van der Waals surface area contributed by atoms with Crippen molar-refractivity contribution in [2.45, 2.75) is 50.2 Å². The Morgan fingerprint density at radius 3 is 2.87 bits per heavy atom. The minimum absolute atomic E-state index is 0.0336. The minimum Gasteiger partial charge on any atom is -0.389 e. The van der Waals surface area contributed by atoms with Gasteiger partial charge in [-0.05, 0) is 37.5 Å². The average Bonchev–Trinajstić information content (AvgIpc) is 3.11. The number of rotatable bonds is 4. The highest BCUT2D eigenvalue weighted by Crippen LogP contribution is 2.32. The van der Waals surface area contributed by atoms with Crippen LogP contribution in [0.1, 0.15) is 38.5 Å². The molecule has 2 aliphatic rings. The average molecular weight is 341 g/mol. The largest absolute Gasteiger partial charge is 0.389 e. The molecule has 126 valence electrons. The Balaban J connectivity index is 1.53. The maximum Gasteiger partial charge on any atom is 0.223 e. The van der Waals surface area contributed by atoms with E-state index in [1.807, 2.05) is 4.90 Å². The zero-order valence-electron chi connectivity index (χ0n) is 13.0. The third-order valence-corrected chi connectivity index (χ3v) is 5.15. The second kappa shape index (κ2) is 6.65. The number of benzene rings is 1. The van der Waals surface area contributed by atoms with E-state index >= 15 is 0 Å². The van der Waals surface area contributed by atoms with E-state index in [0.717, 1.165) is 31.5 Å². The summed E-state index contributed by atoms with van der Waals surface area (Å²) in [6, 6.07) is 4.80. The van der Waals surface area contributed by atoms with Crippen molar-refractivity contribution < 1.29 is 14.3 Å². The Bertz CT molecular complexity index is 590. The van der Waals surface area contributed by atoms with Crippen LogP contribution >= 0.6 is 11.6 Å². The predicted molar refractivity (Wildman–Crippen MR) is 88.2 cm³/mol. The quantitative estimate of drug-likeness (QED) is 0.886. The summed E-state index contributed by atoms with van der Waals surface area (Å²) < 4.78 is 13.6. The number of nitrogens with one attached hydrogen (secondary N) is 1. The van der Waals surface area contributed by atoms with Crippen LogP contribution in [-0.2, 0) is 4.79 Å². The Morgan fingerprint density at radius 1 is 1.43 bits per heavy atom. The lowest BCUT2D eigenvalue weighted by Gasteiger charge is -2.23. The molecule has 3 rings (SSSR count). The van der Waals surface area contributed by atoms with Crippen LogP contribution in [-0.4, -0.2) is 35.7 Å². The molecule has 1 aliphatic carbocycles. The van der Waals surface area contributed by atoms with Gasteiger partial charge in [-0.15, -0.1) is 0 Å². The zero-order valence-corrected chi connectivity index (χ0v) is 13.8. The van der Waals surface area contributed by atoms with Gasteiger partial charge < -0.3 is 15.3 Å². The van der Waals surface area contributed by atoms with E-state index in [2.05, 4.69) is 5.32 Å². The van der Waals surface area contributed by atoms with Gasteiger partial charge in [0.25, 0.3) is 0 Å². The number of hydrogen-bond donors (Lipinski definition) is 2. The first-order chi connectivity index (χ1) is 11.0. The summed E-state index contributed by atoms with van der Waals surface area (Å²) in [7, 11) is 0. The highest BCUT2D eigenvalue weighted by Gasteiger charge is 2.34. The standard InChI is InChI=1S/C17H22ClFN2O2/c18-14-4-3-13(9-15(14)19)21-8-5-12(11-21)20-16(22)10-17(23)6-1-2-7-17/h3-4,9,12,23H,1-2,5-8,10-11H2,(H,20,22). The van der Waals surface area contributed by atoms with Gasteiger partial charge in [0.2, 0.25) is 5.91 Å². The molecule has 0 aromatic heterocycles. The van der Waals surface area contributed by atoms with Crippen LogP contribution in [0.3, 0.4) is 0 Å². The molecule has 0 bridgehead atoms. The van der Waals surface area contributed by atoms with Crippen molar-refractivity contribution in [3.8, 4) is 0 Å². The number of nitrogens with zero attached hydrogens (tertiary/aromatic N) is 1. The highest BCUT2D eigenvalue weighted by atomic mass is 35.5. The summed E-state index contributed by atoms with van der Waals surface area (Å²) in [5, 5.41) is 13.4. The van der Waals surface area contributed by atoms with E-state index in [9.17, 15) is 14.3 Å². The fourth-order valence-electron chi connectivity index (χ4n) is 3.58. The summed E-state index contributed by atoms with van der Waals surface area (Å²) in [6.07, 6.45) is 4.39. The van der Waals surface area contributed by atoms with E-state index < -0.39 is 11.4 Å². The van der Waals surface area contributed by atoms with Gasteiger partial charge in [-0.3, -0.25) is 4.79 Å². The first-order valence-electron chi connectivity index (χ1n) is 8.17. The fourth-order valence-corrected chi connectivity index (χ4v) is 3.70. The predicted octanol–water partition coefficient (Wildman–Crippen LogP) is 2.87. The lowest BCUT2D eigenvalue weighted by atomic mass is 9.97. The number of carbonyl (C=O) groups is 1. The second-order valence-electron chi connectivity index (χ2n) is 6.71. The first-order valence-corrected chi connectivity index (χ1v) is 8.55. The minimum atomic E-state index is -0.818. The van der Waals surface area contributed by atoms with Crippen LogP contribution in [0.5, 0.6) is 0 Å². The molecule has 1 heterocycles. The second-order valence-corrected chi connectivity index (χ2v) is 7.11. The first kappa shape index (κ1) is 16.5. The van der Waals surface area contributed by atoms with Gasteiger partial charge in [-0.2, -0.15) is 0 Å². The van der Waals surface area contributed by atoms with Crippen LogP contribution in [0.15, 0.2) is 18.2 Å². The summed E-state index contributed by atoms with van der Waals surface area (Å²) >= 11 is 5.70. The van der Waals surface area contributed by atoms with Crippen molar-refractivity contribution >= 4 is 23.2 Å². The molecule has 1 aliphatic heterocycles. The van der Waals surface area contributed by atoms with E-state index in [0.29, 0.717) is 19.4 Å². The molecular formula is C17H22ClFN2O2. The van der Waals surface area contributed by atoms with Crippen LogP contribution in [0.25, 0.3) is 0 Å². The molecule has 1 unspecified atom stereocenters. The van der Waals surface area contributed by atoms with Gasteiger partial charge >= 0.3 is 0 Å². The molecule has 4 nitrogen and oxygen atoms in total. The Morgan fingerprint density at radius 2 is 2.17 bits per heavy atom. The Hall–Kier alpha value is -1.33. The Labute approximate surface area is 140 Å². The highest BCUT2D eigenvalue weighted by molar-refractivity contribution is 6.30. The lowest BCUT2D eigenvalue weighted by molar-refractivity contribution is -0.126. The van der Waals surface area contributed by atoms with E-state index in [-0.39, 0.29) is 23.4 Å². The number of carbonyl (C=O) groups excluding carboxylic acids is 1. The molecule has 0 spiro atoms. The van der Waals surface area contributed by atoms with Crippen molar-refractivity contribution in [1.29, 1.82) is 0 Å². The number of halogens is 2. The lowest BCUT2D eigenvalue weighted by Crippen LogP contribution is -2.41. The van der Waals surface area contributed by atoms with Gasteiger partial charge in [0, 0.05) is 24.8 Å². The molecule has 1 atom stereocenters. The molecule has 23 heavy (non-hydrogen) atoms. The fraction of sp³-hybridized carbons (Fsp3) is 0.588. The van der Waals surface area contributed by atoms with E-state index in [1.165, 1.54) is 6.07 Å². The van der Waals surface area contributed by atoms with Gasteiger partial charge in [0.05, 0.1) is 17.0 Å². The Kier molecular flexibility index (Phi) is 4.78. The molecule has 1 saturated carbocycles. The van der Waals surface area contributed by atoms with Crippen molar-refractivity contribution in [2.75, 3.05) is 18.0 Å². The normalized spacial score (nSPS) is 23.3. The number of hydrogen-bond acceptors (Lipinski definition) is 3. The molecule has 1 amide bonds. The smallest absolute Gasteiger partial charge is 0.223 e. The number of anilines is 1. The van der Waals surface area contributed by atoms with E-state index in [1.54, 1.807) is 12.1 Å². The molecule has 1 saturated heterocycles. The summed E-state index contributed by atoms with van der Waals surface area (Å²) in [5.41, 5.74) is -0.0418. The number of aliphatic hydroxyl groups is 1. The molecule has 2 fully saturated rings. The third-order valence-electron chi connectivity index (χ3n) is 4.85. The summed E-state index contributed by atoms with van der Waals surface area (Å²) in [6.45, 7) is 1.40. The van der Waals surface area contributed by atoms with Gasteiger partial charge in [-0.25, -0.2) is 4.39 Å². The van der Waals surface area contributed by atoms with Crippen LogP contribution < -0.4 is 10.2 Å². The summed E-state index contributed by atoms with van der Waals surface area (Å²) in [4.78, 5) is 14.2. The van der Waals surface area contributed by atoms with Gasteiger partial charge in [0.15, 0.2) is 0 Å². The topological polar surface area (TPSA) is 52.6 Å². The number of amides is 1. The van der Waals surface area contributed by atoms with Crippen molar-refractivity contribution in [3.05, 3.63) is 29.0 Å². The molecule has 2 N–H and O–H groups in total. The van der Waals surface area contributed by atoms with Crippen molar-refractivity contribution in [3.63, 3.8) is 0 Å². The van der Waals surface area contributed by atoms with Crippen LogP contribution in [0.4, 0.5) is 10.1 Å². The maximum absolute atomic E-state index is 13.6. The van der Waals surface area contributed by atoms with Crippen molar-refractivity contribution in [2.24, 2.45) is 0 Å². The van der Waals surface area contributed by atoms with Gasteiger partial charge in [-0.1, -0.05) is 24.4 Å². The maximum atomic E-state index is 13.6. The van der Waals surface area contributed by atoms with Crippen LogP contribution in [0, 0.1) is 5.82 Å². The van der Waals surface area contributed by atoms with Gasteiger partial charge in [0.1, 0.15) is 5.82 Å². The molecule has 0 radical (unpaired) electrons. The third kappa shape index (κ3) is 3.96. The van der Waals surface area contributed by atoms with Crippen LogP contribution in [0.2, 0.25) is 5.02 Å². The SMILES string of the molecule is O=C(CC1(O)CCCC1)NC1CCN(c2ccc(Cl)c(F)c2)C1. The monoisotopic (exact) mass is 340 g/mol. The van der Waals surface area contributed by atoms with Crippen molar-refractivity contribution in [1.82, 2.24) is 5.32 Å². The zero-order chi connectivity index (χ0) is 16.4. The summed E-state index contributed by atoms with van der Waals surface area (Å²) in [5.74, 6) is -0.524. The molecule has 1 aromatic rings.